The van der Waals surface area contributed by atoms with E-state index in [1.54, 1.807) is 0 Å². The van der Waals surface area contributed by atoms with Gasteiger partial charge in [-0.1, -0.05) is 17.9 Å². The topological polar surface area (TPSA) is 29.5 Å². The Bertz CT molecular complexity index is 457. The summed E-state index contributed by atoms with van der Waals surface area (Å²) in [5.74, 6) is 4.12. The van der Waals surface area contributed by atoms with Crippen LogP contribution in [0.15, 0.2) is 18.2 Å². The van der Waals surface area contributed by atoms with Gasteiger partial charge in [0.05, 0.1) is 6.61 Å². The van der Waals surface area contributed by atoms with Crippen molar-refractivity contribution >= 4 is 0 Å². The SMILES string of the molecule is OCC#Cc1ccc(COCC(F)(F)F)c(F)c1. The maximum atomic E-state index is 13.4. The van der Waals surface area contributed by atoms with E-state index in [2.05, 4.69) is 16.6 Å². The molecular weight excluding hydrogens is 252 g/mol. The van der Waals surface area contributed by atoms with Crippen LogP contribution in [0.25, 0.3) is 0 Å². The number of aliphatic hydroxyl groups is 1. The van der Waals surface area contributed by atoms with Crippen LogP contribution in [0, 0.1) is 17.7 Å². The summed E-state index contributed by atoms with van der Waals surface area (Å²) < 4.78 is 53.2. The molecule has 0 heterocycles. The minimum absolute atomic E-state index is 0.0220. The van der Waals surface area contributed by atoms with Crippen molar-refractivity contribution in [3.63, 3.8) is 0 Å². The van der Waals surface area contributed by atoms with E-state index >= 15 is 0 Å². The highest BCUT2D eigenvalue weighted by atomic mass is 19.4. The second-order valence-electron chi connectivity index (χ2n) is 3.37. The van der Waals surface area contributed by atoms with Gasteiger partial charge in [-0.2, -0.15) is 13.2 Å². The molecule has 0 aromatic heterocycles. The first-order chi connectivity index (χ1) is 8.42. The van der Waals surface area contributed by atoms with E-state index in [9.17, 15) is 17.6 Å². The molecule has 6 heteroatoms. The largest absolute Gasteiger partial charge is 0.411 e. The predicted octanol–water partition coefficient (Wildman–Crippen LogP) is 2.25. The van der Waals surface area contributed by atoms with E-state index in [0.717, 1.165) is 6.07 Å². The predicted molar refractivity (Wildman–Crippen MR) is 56.1 cm³/mol. The number of hydrogen-bond donors (Lipinski definition) is 1. The summed E-state index contributed by atoms with van der Waals surface area (Å²) >= 11 is 0. The van der Waals surface area contributed by atoms with Gasteiger partial charge >= 0.3 is 6.18 Å². The fraction of sp³-hybridized carbons (Fsp3) is 0.333. The van der Waals surface area contributed by atoms with Crippen LogP contribution in [0.5, 0.6) is 0 Å². The summed E-state index contributed by atoms with van der Waals surface area (Å²) in [6.07, 6.45) is -4.43. The van der Waals surface area contributed by atoms with Crippen molar-refractivity contribution in [1.29, 1.82) is 0 Å². The van der Waals surface area contributed by atoms with Gasteiger partial charge in [0.15, 0.2) is 0 Å². The molecule has 0 fully saturated rings. The van der Waals surface area contributed by atoms with Crippen LogP contribution in [-0.4, -0.2) is 24.5 Å². The molecule has 0 saturated heterocycles. The van der Waals surface area contributed by atoms with Crippen molar-refractivity contribution in [2.24, 2.45) is 0 Å². The number of rotatable bonds is 3. The minimum Gasteiger partial charge on any atom is -0.384 e. The van der Waals surface area contributed by atoms with Gasteiger partial charge in [-0.15, -0.1) is 0 Å². The van der Waals surface area contributed by atoms with Crippen molar-refractivity contribution in [3.05, 3.63) is 35.1 Å². The molecule has 0 spiro atoms. The zero-order valence-electron chi connectivity index (χ0n) is 9.22. The van der Waals surface area contributed by atoms with E-state index in [1.165, 1.54) is 12.1 Å². The second kappa shape index (κ2) is 6.38. The Morgan fingerprint density at radius 1 is 1.28 bits per heavy atom. The molecule has 18 heavy (non-hydrogen) atoms. The van der Waals surface area contributed by atoms with Crippen LogP contribution in [0.3, 0.4) is 0 Å². The van der Waals surface area contributed by atoms with Gasteiger partial charge in [-0.3, -0.25) is 0 Å². The van der Waals surface area contributed by atoms with Crippen LogP contribution in [0.1, 0.15) is 11.1 Å². The van der Waals surface area contributed by atoms with Gasteiger partial charge in [0, 0.05) is 11.1 Å². The Labute approximate surface area is 101 Å². The van der Waals surface area contributed by atoms with Crippen molar-refractivity contribution in [2.75, 3.05) is 13.2 Å². The third kappa shape index (κ3) is 5.17. The Morgan fingerprint density at radius 3 is 2.56 bits per heavy atom. The number of aliphatic hydroxyl groups excluding tert-OH is 1. The molecule has 0 saturated carbocycles. The molecule has 1 rings (SSSR count). The van der Waals surface area contributed by atoms with Crippen LogP contribution < -0.4 is 0 Å². The van der Waals surface area contributed by atoms with Crippen molar-refractivity contribution in [3.8, 4) is 11.8 Å². The molecule has 2 nitrogen and oxygen atoms in total. The first-order valence-electron chi connectivity index (χ1n) is 4.95. The smallest absolute Gasteiger partial charge is 0.384 e. The van der Waals surface area contributed by atoms with Crippen molar-refractivity contribution < 1.29 is 27.4 Å². The fourth-order valence-corrected chi connectivity index (χ4v) is 1.16. The summed E-state index contributed by atoms with van der Waals surface area (Å²) in [6.45, 7) is -2.23. The molecule has 1 aromatic carbocycles. The van der Waals surface area contributed by atoms with E-state index < -0.39 is 25.2 Å². The summed E-state index contributed by atoms with van der Waals surface area (Å²) in [4.78, 5) is 0. The molecule has 0 unspecified atom stereocenters. The van der Waals surface area contributed by atoms with Gasteiger partial charge in [0.1, 0.15) is 19.0 Å². The molecule has 0 aliphatic carbocycles. The fourth-order valence-electron chi connectivity index (χ4n) is 1.16. The van der Waals surface area contributed by atoms with Crippen LogP contribution >= 0.6 is 0 Å². The summed E-state index contributed by atoms with van der Waals surface area (Å²) in [7, 11) is 0. The van der Waals surface area contributed by atoms with E-state index in [1.807, 2.05) is 0 Å². The van der Waals surface area contributed by atoms with Gasteiger partial charge in [0.25, 0.3) is 0 Å². The number of halogens is 4. The zero-order valence-corrected chi connectivity index (χ0v) is 9.22. The Balaban J connectivity index is 2.63. The summed E-state index contributed by atoms with van der Waals surface area (Å²) in [5.41, 5.74) is 0.356. The normalized spacial score (nSPS) is 10.9. The second-order valence-corrected chi connectivity index (χ2v) is 3.37. The van der Waals surface area contributed by atoms with Crippen LogP contribution in [0.4, 0.5) is 17.6 Å². The molecule has 1 aromatic rings. The maximum Gasteiger partial charge on any atom is 0.411 e. The molecule has 0 atom stereocenters. The number of hydrogen-bond acceptors (Lipinski definition) is 2. The Hall–Kier alpha value is -1.58. The molecule has 0 amide bonds. The van der Waals surface area contributed by atoms with Gasteiger partial charge < -0.3 is 9.84 Å². The average molecular weight is 262 g/mol. The standard InChI is InChI=1S/C12H10F4O2/c13-11-6-9(2-1-5-17)3-4-10(11)7-18-8-12(14,15)16/h3-4,6,17H,5,7-8H2. The van der Waals surface area contributed by atoms with Crippen LogP contribution in [-0.2, 0) is 11.3 Å². The lowest BCUT2D eigenvalue weighted by Gasteiger charge is -2.08. The van der Waals surface area contributed by atoms with Gasteiger partial charge in [-0.25, -0.2) is 4.39 Å². The van der Waals surface area contributed by atoms with Gasteiger partial charge in [0.2, 0.25) is 0 Å². The maximum absolute atomic E-state index is 13.4. The Morgan fingerprint density at radius 2 is 2.00 bits per heavy atom. The lowest BCUT2D eigenvalue weighted by atomic mass is 10.1. The Kier molecular flexibility index (Phi) is 5.13. The highest BCUT2D eigenvalue weighted by molar-refractivity contribution is 5.36. The zero-order chi connectivity index (χ0) is 13.6. The highest BCUT2D eigenvalue weighted by Crippen LogP contribution is 2.17. The van der Waals surface area contributed by atoms with Crippen molar-refractivity contribution in [2.45, 2.75) is 12.8 Å². The average Bonchev–Trinajstić information content (AvgIpc) is 2.27. The van der Waals surface area contributed by atoms with Gasteiger partial charge in [-0.05, 0) is 12.1 Å². The monoisotopic (exact) mass is 262 g/mol. The molecule has 1 N–H and O–H groups in total. The quantitative estimate of drug-likeness (QED) is 0.668. The van der Waals surface area contributed by atoms with E-state index in [-0.39, 0.29) is 12.2 Å². The first kappa shape index (κ1) is 14.5. The molecule has 98 valence electrons. The van der Waals surface area contributed by atoms with E-state index in [0.29, 0.717) is 5.56 Å². The summed E-state index contributed by atoms with van der Waals surface area (Å²) in [5, 5.41) is 8.45. The molecule has 0 bridgehead atoms. The summed E-state index contributed by atoms with van der Waals surface area (Å²) in [6, 6.07) is 3.82. The highest BCUT2D eigenvalue weighted by Gasteiger charge is 2.27. The third-order valence-corrected chi connectivity index (χ3v) is 1.89. The molecular formula is C12H10F4O2. The van der Waals surface area contributed by atoms with E-state index in [4.69, 9.17) is 5.11 Å². The lowest BCUT2D eigenvalue weighted by Crippen LogP contribution is -2.17. The first-order valence-corrected chi connectivity index (χ1v) is 4.95. The number of alkyl halides is 3. The lowest BCUT2D eigenvalue weighted by molar-refractivity contribution is -0.176. The molecule has 0 aliphatic rings. The van der Waals surface area contributed by atoms with Crippen molar-refractivity contribution in [1.82, 2.24) is 0 Å². The molecule has 0 aliphatic heterocycles. The third-order valence-electron chi connectivity index (χ3n) is 1.89. The number of ether oxygens (including phenoxy) is 1. The number of benzene rings is 1. The van der Waals surface area contributed by atoms with Crippen LogP contribution in [0.2, 0.25) is 0 Å². The molecule has 0 radical (unpaired) electrons. The minimum atomic E-state index is -4.43.